The van der Waals surface area contributed by atoms with E-state index in [1.807, 2.05) is 13.0 Å². The van der Waals surface area contributed by atoms with Crippen LogP contribution in [0.3, 0.4) is 0 Å². The van der Waals surface area contributed by atoms with Crippen LogP contribution < -0.4 is 10.6 Å². The lowest BCUT2D eigenvalue weighted by Crippen LogP contribution is -2.22. The average Bonchev–Trinajstić information content (AvgIpc) is 2.41. The molecule has 1 aliphatic heterocycles. The van der Waals surface area contributed by atoms with E-state index >= 15 is 0 Å². The molecule has 1 heterocycles. The molecule has 1 aromatic rings. The van der Waals surface area contributed by atoms with E-state index in [9.17, 15) is 8.42 Å². The van der Waals surface area contributed by atoms with Crippen LogP contribution in [0.15, 0.2) is 28.1 Å². The molecule has 0 N–H and O–H groups in total. The highest BCUT2D eigenvalue weighted by molar-refractivity contribution is 7.90. The van der Waals surface area contributed by atoms with Gasteiger partial charge in [-0.25, -0.2) is 8.42 Å². The van der Waals surface area contributed by atoms with Gasteiger partial charge in [0.1, 0.15) is 0 Å². The smallest absolute Gasteiger partial charge is 0.175 e. The van der Waals surface area contributed by atoms with Gasteiger partial charge in [0.15, 0.2) is 9.84 Å². The molecule has 74 valence electrons. The minimum atomic E-state index is -3.10. The number of nitrogens with zero attached hydrogens (tertiary/aromatic N) is 1. The van der Waals surface area contributed by atoms with Gasteiger partial charge in [0.05, 0.1) is 16.3 Å². The topological polar surface area (TPSA) is 46.5 Å². The third-order valence-corrected chi connectivity index (χ3v) is 3.30. The second-order valence-corrected chi connectivity index (χ2v) is 5.54. The van der Waals surface area contributed by atoms with Gasteiger partial charge in [-0.3, -0.25) is 4.99 Å². The number of sulfone groups is 1. The van der Waals surface area contributed by atoms with Gasteiger partial charge >= 0.3 is 0 Å². The molecule has 0 amide bonds. The lowest BCUT2D eigenvalue weighted by atomic mass is 10.2. The third kappa shape index (κ3) is 1.57. The number of rotatable bonds is 1. The molecule has 1 aliphatic rings. The Kier molecular flexibility index (Phi) is 1.96. The first-order chi connectivity index (χ1) is 6.47. The van der Waals surface area contributed by atoms with Crippen LogP contribution in [-0.2, 0) is 9.84 Å². The van der Waals surface area contributed by atoms with Gasteiger partial charge in [-0.05, 0) is 30.3 Å². The van der Waals surface area contributed by atoms with Crippen LogP contribution in [0.4, 0.5) is 0 Å². The number of benzene rings is 1. The van der Waals surface area contributed by atoms with E-state index in [2.05, 4.69) is 4.99 Å². The fraction of sp³-hybridized carbons (Fsp3) is 0.300. The SMILES string of the molecule is CC1C=c2cc(S(C)(=O)=O)ccc2=N1. The van der Waals surface area contributed by atoms with Crippen LogP contribution in [0.2, 0.25) is 0 Å². The van der Waals surface area contributed by atoms with E-state index in [1.54, 1.807) is 18.2 Å². The first-order valence-corrected chi connectivity index (χ1v) is 6.26. The van der Waals surface area contributed by atoms with Crippen molar-refractivity contribution >= 4 is 15.9 Å². The largest absolute Gasteiger partial charge is 0.278 e. The fourth-order valence-electron chi connectivity index (χ4n) is 1.53. The Morgan fingerprint density at radius 2 is 2.07 bits per heavy atom. The minimum Gasteiger partial charge on any atom is -0.278 e. The van der Waals surface area contributed by atoms with Crippen molar-refractivity contribution in [3.8, 4) is 0 Å². The van der Waals surface area contributed by atoms with Crippen molar-refractivity contribution in [3.05, 3.63) is 28.8 Å². The van der Waals surface area contributed by atoms with Gasteiger partial charge in [-0.15, -0.1) is 0 Å². The predicted molar refractivity (Wildman–Crippen MR) is 54.3 cm³/mol. The molecule has 14 heavy (non-hydrogen) atoms. The molecule has 1 unspecified atom stereocenters. The van der Waals surface area contributed by atoms with Crippen molar-refractivity contribution in [2.75, 3.05) is 6.26 Å². The molecule has 0 saturated carbocycles. The number of hydrogen-bond acceptors (Lipinski definition) is 3. The van der Waals surface area contributed by atoms with Gasteiger partial charge in [0, 0.05) is 6.26 Å². The standard InChI is InChI=1S/C10H11NO2S/c1-7-5-8-6-9(14(2,12)13)3-4-10(8)11-7/h3-7H,1-2H3. The normalized spacial score (nSPS) is 19.7. The Morgan fingerprint density at radius 3 is 2.71 bits per heavy atom. The quantitative estimate of drug-likeness (QED) is 0.648. The van der Waals surface area contributed by atoms with Gasteiger partial charge in [-0.1, -0.05) is 6.08 Å². The third-order valence-electron chi connectivity index (χ3n) is 2.19. The first kappa shape index (κ1) is 9.40. The summed E-state index contributed by atoms with van der Waals surface area (Å²) in [5.41, 5.74) is 0. The van der Waals surface area contributed by atoms with E-state index in [-0.39, 0.29) is 6.04 Å². The van der Waals surface area contributed by atoms with Crippen molar-refractivity contribution in [1.29, 1.82) is 0 Å². The van der Waals surface area contributed by atoms with E-state index in [1.165, 1.54) is 6.26 Å². The molecule has 1 atom stereocenters. The van der Waals surface area contributed by atoms with Gasteiger partial charge in [0.25, 0.3) is 0 Å². The maximum Gasteiger partial charge on any atom is 0.175 e. The Balaban J connectivity index is 2.72. The Morgan fingerprint density at radius 1 is 1.36 bits per heavy atom. The van der Waals surface area contributed by atoms with Crippen molar-refractivity contribution in [2.24, 2.45) is 4.99 Å². The molecule has 3 nitrogen and oxygen atoms in total. The molecule has 4 heteroatoms. The van der Waals surface area contributed by atoms with Gasteiger partial charge in [-0.2, -0.15) is 0 Å². The zero-order chi connectivity index (χ0) is 10.3. The summed E-state index contributed by atoms with van der Waals surface area (Å²) < 4.78 is 22.5. The molecule has 1 aromatic carbocycles. The van der Waals surface area contributed by atoms with E-state index in [0.717, 1.165) is 10.6 Å². The maximum absolute atomic E-state index is 11.3. The molecule has 0 fully saturated rings. The van der Waals surface area contributed by atoms with Crippen molar-refractivity contribution < 1.29 is 8.42 Å². The Labute approximate surface area is 82.7 Å². The van der Waals surface area contributed by atoms with Crippen LogP contribution in [0.25, 0.3) is 6.08 Å². The van der Waals surface area contributed by atoms with Crippen LogP contribution in [0.1, 0.15) is 6.92 Å². The summed E-state index contributed by atoms with van der Waals surface area (Å²) in [5, 5.41) is 1.80. The second kappa shape index (κ2) is 2.92. The lowest BCUT2D eigenvalue weighted by molar-refractivity contribution is 0.602. The highest BCUT2D eigenvalue weighted by Crippen LogP contribution is 2.04. The summed E-state index contributed by atoms with van der Waals surface area (Å²) >= 11 is 0. The molecule has 0 spiro atoms. The minimum absolute atomic E-state index is 0.153. The zero-order valence-corrected chi connectivity index (χ0v) is 8.88. The summed E-state index contributed by atoms with van der Waals surface area (Å²) in [6.45, 7) is 1.97. The van der Waals surface area contributed by atoms with E-state index in [0.29, 0.717) is 4.90 Å². The molecule has 0 radical (unpaired) electrons. The zero-order valence-electron chi connectivity index (χ0n) is 8.06. The van der Waals surface area contributed by atoms with Crippen LogP contribution in [0.5, 0.6) is 0 Å². The molecule has 0 bridgehead atoms. The summed E-state index contributed by atoms with van der Waals surface area (Å²) in [5.74, 6) is 0. The fourth-order valence-corrected chi connectivity index (χ4v) is 2.19. The second-order valence-electron chi connectivity index (χ2n) is 3.53. The highest BCUT2D eigenvalue weighted by Gasteiger charge is 2.09. The van der Waals surface area contributed by atoms with Gasteiger partial charge < -0.3 is 0 Å². The van der Waals surface area contributed by atoms with Gasteiger partial charge in [0.2, 0.25) is 0 Å². The van der Waals surface area contributed by atoms with Crippen LogP contribution in [-0.4, -0.2) is 20.7 Å². The molecular formula is C10H11NO2S. The van der Waals surface area contributed by atoms with E-state index < -0.39 is 9.84 Å². The summed E-state index contributed by atoms with van der Waals surface area (Å²) in [6.07, 6.45) is 3.17. The number of hydrogen-bond donors (Lipinski definition) is 0. The first-order valence-electron chi connectivity index (χ1n) is 4.36. The summed E-state index contributed by atoms with van der Waals surface area (Å²) in [6, 6.07) is 5.19. The van der Waals surface area contributed by atoms with Crippen molar-refractivity contribution in [1.82, 2.24) is 0 Å². The van der Waals surface area contributed by atoms with Crippen molar-refractivity contribution in [2.45, 2.75) is 17.9 Å². The molecule has 2 rings (SSSR count). The lowest BCUT2D eigenvalue weighted by Gasteiger charge is -1.95. The summed E-state index contributed by atoms with van der Waals surface area (Å²) in [4.78, 5) is 4.68. The maximum atomic E-state index is 11.3. The van der Waals surface area contributed by atoms with E-state index in [4.69, 9.17) is 0 Å². The Hall–Kier alpha value is -1.16. The molecule has 0 aliphatic carbocycles. The predicted octanol–water partition coefficient (Wildman–Crippen LogP) is -0.108. The van der Waals surface area contributed by atoms with Crippen molar-refractivity contribution in [3.63, 3.8) is 0 Å². The molecule has 0 saturated heterocycles. The highest BCUT2D eigenvalue weighted by atomic mass is 32.2. The Bertz CT molecular complexity index is 587. The van der Waals surface area contributed by atoms with Crippen LogP contribution >= 0.6 is 0 Å². The van der Waals surface area contributed by atoms with Crippen LogP contribution in [0, 0.1) is 0 Å². The summed E-state index contributed by atoms with van der Waals surface area (Å²) in [7, 11) is -3.10. The number of fused-ring (bicyclic) bond motifs is 1. The molecular weight excluding hydrogens is 198 g/mol. The average molecular weight is 209 g/mol. The monoisotopic (exact) mass is 209 g/mol. The molecule has 0 aromatic heterocycles.